The van der Waals surface area contributed by atoms with E-state index >= 15 is 0 Å². The molecule has 0 saturated carbocycles. The molecule has 4 atom stereocenters. The fourth-order valence-corrected chi connectivity index (χ4v) is 6.47. The average Bonchev–Trinajstić information content (AvgIpc) is 3.44. The fourth-order valence-electron chi connectivity index (χ4n) is 6.47. The van der Waals surface area contributed by atoms with Gasteiger partial charge in [-0.15, -0.1) is 0 Å². The maximum absolute atomic E-state index is 13.6. The number of imide groups is 1. The molecule has 0 spiro atoms. The zero-order valence-corrected chi connectivity index (χ0v) is 22.9. The minimum absolute atomic E-state index is 0.0275. The minimum Gasteiger partial charge on any atom is -0.508 e. The van der Waals surface area contributed by atoms with Gasteiger partial charge in [-0.05, 0) is 74.1 Å². The van der Waals surface area contributed by atoms with Crippen LogP contribution in [0.1, 0.15) is 56.2 Å². The van der Waals surface area contributed by atoms with Gasteiger partial charge in [-0.25, -0.2) is 4.90 Å². The van der Waals surface area contributed by atoms with Gasteiger partial charge in [-0.2, -0.15) is 26.3 Å². The Bertz CT molecular complexity index is 1440. The summed E-state index contributed by atoms with van der Waals surface area (Å²) in [5.41, 5.74) is -0.218. The molecule has 42 heavy (non-hydrogen) atoms. The number of anilines is 1. The van der Waals surface area contributed by atoms with E-state index < -0.39 is 58.7 Å². The number of fused-ring (bicyclic) bond motifs is 3. The zero-order valence-electron chi connectivity index (χ0n) is 22.9. The Morgan fingerprint density at radius 3 is 2.26 bits per heavy atom. The molecular formula is C31H29F6NO4. The highest BCUT2D eigenvalue weighted by molar-refractivity contribution is 6.22. The lowest BCUT2D eigenvalue weighted by Crippen LogP contribution is -2.34. The highest BCUT2D eigenvalue weighted by atomic mass is 19.4. The van der Waals surface area contributed by atoms with Crippen molar-refractivity contribution in [3.8, 4) is 5.75 Å². The Labute approximate surface area is 238 Å². The number of allylic oxidation sites excluding steroid dienone is 2. The van der Waals surface area contributed by atoms with E-state index in [1.807, 2.05) is 26.0 Å². The third-order valence-electron chi connectivity index (χ3n) is 8.41. The summed E-state index contributed by atoms with van der Waals surface area (Å²) in [4.78, 5) is 27.5. The second kappa shape index (κ2) is 10.9. The lowest BCUT2D eigenvalue weighted by atomic mass is 9.70. The van der Waals surface area contributed by atoms with E-state index in [1.54, 1.807) is 18.2 Å². The predicted octanol–water partition coefficient (Wildman–Crippen LogP) is 7.54. The van der Waals surface area contributed by atoms with Crippen LogP contribution in [0.25, 0.3) is 6.08 Å². The smallest absolute Gasteiger partial charge is 0.416 e. The molecule has 1 aliphatic carbocycles. The summed E-state index contributed by atoms with van der Waals surface area (Å²) in [7, 11) is 0. The third-order valence-corrected chi connectivity index (χ3v) is 8.41. The standard InChI is InChI=1S/C31H29F6NO4/c1-3-17(10-18-5-4-6-22(39)11-18)7-8-25-26-16(2)9-23-27(24(26)15-42-25)29(41)38(28(23)40)21-13-19(30(32,33)34)12-20(14-21)31(35,36)37/h4-6,10-14,23-25,27,39H,3,7-9,15H2,1-2H3/b17-10+/t23-,24+,25-,27-/m1/s1. The number of alkyl halides is 6. The van der Waals surface area contributed by atoms with Crippen LogP contribution in [-0.4, -0.2) is 29.6 Å². The van der Waals surface area contributed by atoms with Gasteiger partial charge in [0.05, 0.1) is 41.4 Å². The Kier molecular flexibility index (Phi) is 7.76. The number of carbonyl (C=O) groups excluding carboxylic acids is 2. The Morgan fingerprint density at radius 2 is 1.67 bits per heavy atom. The molecule has 5 nitrogen and oxygen atoms in total. The van der Waals surface area contributed by atoms with Crippen LogP contribution in [0.15, 0.2) is 59.2 Å². The normalized spacial score (nSPS) is 24.9. The first-order valence-corrected chi connectivity index (χ1v) is 13.7. The molecule has 0 aromatic heterocycles. The highest BCUT2D eigenvalue weighted by Crippen LogP contribution is 2.51. The van der Waals surface area contributed by atoms with Crippen molar-refractivity contribution in [3.63, 3.8) is 0 Å². The van der Waals surface area contributed by atoms with Gasteiger partial charge in [0.1, 0.15) is 5.75 Å². The minimum atomic E-state index is -5.11. The summed E-state index contributed by atoms with van der Waals surface area (Å²) in [6.07, 6.45) is -6.39. The first-order chi connectivity index (χ1) is 19.7. The number of rotatable bonds is 6. The monoisotopic (exact) mass is 593 g/mol. The number of amides is 2. The number of phenolic OH excluding ortho intramolecular Hbond substituents is 1. The SMILES string of the molecule is CC/C(=C\c1cccc(O)c1)CC[C@H]1OC[C@H]2C1=C(C)C[C@H]1C(=O)N(c3cc(C(F)(F)F)cc(C(F)(F)F)c3)C(=O)[C@H]12. The van der Waals surface area contributed by atoms with Crippen LogP contribution in [0.3, 0.4) is 0 Å². The molecule has 2 amide bonds. The van der Waals surface area contributed by atoms with Gasteiger partial charge in [0.2, 0.25) is 11.8 Å². The van der Waals surface area contributed by atoms with Gasteiger partial charge in [-0.3, -0.25) is 9.59 Å². The second-order valence-corrected chi connectivity index (χ2v) is 11.1. The largest absolute Gasteiger partial charge is 0.508 e. The number of aromatic hydroxyl groups is 1. The van der Waals surface area contributed by atoms with Crippen LogP contribution in [0.4, 0.5) is 32.0 Å². The molecule has 2 aliphatic heterocycles. The lowest BCUT2D eigenvalue weighted by Gasteiger charge is -2.30. The highest BCUT2D eigenvalue weighted by Gasteiger charge is 2.57. The van der Waals surface area contributed by atoms with E-state index in [-0.39, 0.29) is 30.9 Å². The summed E-state index contributed by atoms with van der Waals surface area (Å²) in [5, 5.41) is 9.75. The molecule has 1 N–H and O–H groups in total. The topological polar surface area (TPSA) is 66.8 Å². The molecule has 0 unspecified atom stereocenters. The van der Waals surface area contributed by atoms with E-state index in [0.717, 1.165) is 28.7 Å². The molecule has 11 heteroatoms. The number of carbonyl (C=O) groups is 2. The summed E-state index contributed by atoms with van der Waals surface area (Å²) < 4.78 is 87.0. The molecule has 2 aromatic carbocycles. The Hall–Kier alpha value is -3.60. The first-order valence-electron chi connectivity index (χ1n) is 13.7. The summed E-state index contributed by atoms with van der Waals surface area (Å²) in [6.45, 7) is 3.97. The molecule has 5 rings (SSSR count). The van der Waals surface area contributed by atoms with Crippen molar-refractivity contribution >= 4 is 23.6 Å². The van der Waals surface area contributed by atoms with Gasteiger partial charge < -0.3 is 9.84 Å². The zero-order chi connectivity index (χ0) is 30.6. The lowest BCUT2D eigenvalue weighted by molar-refractivity contribution is -0.143. The fraction of sp³-hybridized carbons (Fsp3) is 0.419. The molecule has 2 aromatic rings. The van der Waals surface area contributed by atoms with Gasteiger partial charge in [0.25, 0.3) is 0 Å². The van der Waals surface area contributed by atoms with Gasteiger partial charge in [0.15, 0.2) is 0 Å². The molecule has 2 fully saturated rings. The van der Waals surface area contributed by atoms with Crippen molar-refractivity contribution in [1.82, 2.24) is 0 Å². The van der Waals surface area contributed by atoms with Crippen LogP contribution in [-0.2, 0) is 26.7 Å². The first kappa shape index (κ1) is 29.9. The van der Waals surface area contributed by atoms with Gasteiger partial charge in [0, 0.05) is 5.92 Å². The van der Waals surface area contributed by atoms with E-state index in [1.165, 1.54) is 0 Å². The molecule has 0 radical (unpaired) electrons. The number of hydrogen-bond donors (Lipinski definition) is 1. The van der Waals surface area contributed by atoms with Gasteiger partial charge in [-0.1, -0.05) is 36.3 Å². The molecular weight excluding hydrogens is 564 g/mol. The molecule has 224 valence electrons. The number of nitrogens with zero attached hydrogens (tertiary/aromatic N) is 1. The number of phenols is 1. The quantitative estimate of drug-likeness (QED) is 0.214. The second-order valence-electron chi connectivity index (χ2n) is 11.1. The maximum Gasteiger partial charge on any atom is 0.416 e. The van der Waals surface area contributed by atoms with Crippen LogP contribution >= 0.6 is 0 Å². The molecule has 3 aliphatic rings. The van der Waals surface area contributed by atoms with Crippen molar-refractivity contribution in [3.05, 3.63) is 75.9 Å². The number of halogens is 6. The summed E-state index contributed by atoms with van der Waals surface area (Å²) in [6, 6.07) is 7.67. The van der Waals surface area contributed by atoms with Crippen molar-refractivity contribution in [2.75, 3.05) is 11.5 Å². The van der Waals surface area contributed by atoms with Gasteiger partial charge >= 0.3 is 12.4 Å². The third kappa shape index (κ3) is 5.58. The predicted molar refractivity (Wildman–Crippen MR) is 142 cm³/mol. The van der Waals surface area contributed by atoms with Crippen LogP contribution in [0.5, 0.6) is 5.75 Å². The number of benzene rings is 2. The maximum atomic E-state index is 13.6. The van der Waals surface area contributed by atoms with Crippen molar-refractivity contribution in [1.29, 1.82) is 0 Å². The average molecular weight is 594 g/mol. The van der Waals surface area contributed by atoms with Crippen molar-refractivity contribution in [2.24, 2.45) is 17.8 Å². The Balaban J connectivity index is 1.40. The van der Waals surface area contributed by atoms with Crippen LogP contribution in [0, 0.1) is 17.8 Å². The number of hydrogen-bond acceptors (Lipinski definition) is 4. The van der Waals surface area contributed by atoms with Crippen LogP contribution < -0.4 is 4.90 Å². The van der Waals surface area contributed by atoms with E-state index in [2.05, 4.69) is 0 Å². The van der Waals surface area contributed by atoms with E-state index in [9.17, 15) is 41.0 Å². The van der Waals surface area contributed by atoms with Crippen LogP contribution in [0.2, 0.25) is 0 Å². The molecule has 0 bridgehead atoms. The molecule has 2 saturated heterocycles. The van der Waals surface area contributed by atoms with E-state index in [4.69, 9.17) is 4.74 Å². The van der Waals surface area contributed by atoms with E-state index in [0.29, 0.717) is 29.9 Å². The van der Waals surface area contributed by atoms with Crippen molar-refractivity contribution in [2.45, 2.75) is 58.0 Å². The number of ether oxygens (including phenoxy) is 1. The Morgan fingerprint density at radius 1 is 1.00 bits per heavy atom. The van der Waals surface area contributed by atoms with Crippen molar-refractivity contribution < 1.29 is 45.8 Å². The summed E-state index contributed by atoms with van der Waals surface area (Å²) in [5.74, 6) is -3.78. The summed E-state index contributed by atoms with van der Waals surface area (Å²) >= 11 is 0. The molecule has 2 heterocycles.